The molecule has 4 rings (SSSR count). The van der Waals surface area contributed by atoms with E-state index in [9.17, 15) is 0 Å². The highest BCUT2D eigenvalue weighted by atomic mass is 32.1. The van der Waals surface area contributed by atoms with Crippen molar-refractivity contribution in [1.29, 1.82) is 0 Å². The summed E-state index contributed by atoms with van der Waals surface area (Å²) in [6.07, 6.45) is 3.66. The number of fused-ring (bicyclic) bond motifs is 1. The number of benzene rings is 1. The van der Waals surface area contributed by atoms with Crippen LogP contribution in [-0.4, -0.2) is 15.2 Å². The zero-order valence-electron chi connectivity index (χ0n) is 10.6. The number of thiophene rings is 1. The first kappa shape index (κ1) is 11.4. The second kappa shape index (κ2) is 4.58. The van der Waals surface area contributed by atoms with Crippen LogP contribution in [0.15, 0.2) is 60.2 Å². The lowest BCUT2D eigenvalue weighted by molar-refractivity contribution is 1.09. The SMILES string of the molecule is c1ccc(-c2csc3ccc(-c4cn[nH]c4)nc23)cc1. The van der Waals surface area contributed by atoms with Gasteiger partial charge in [0, 0.05) is 22.7 Å². The molecule has 0 atom stereocenters. The molecule has 96 valence electrons. The molecule has 4 heteroatoms. The van der Waals surface area contributed by atoms with E-state index >= 15 is 0 Å². The molecule has 0 aliphatic carbocycles. The van der Waals surface area contributed by atoms with E-state index < -0.39 is 0 Å². The molecule has 0 unspecified atom stereocenters. The Labute approximate surface area is 119 Å². The highest BCUT2D eigenvalue weighted by molar-refractivity contribution is 7.17. The van der Waals surface area contributed by atoms with Crippen molar-refractivity contribution in [2.24, 2.45) is 0 Å². The van der Waals surface area contributed by atoms with Crippen LogP contribution in [0.2, 0.25) is 0 Å². The summed E-state index contributed by atoms with van der Waals surface area (Å²) >= 11 is 1.73. The van der Waals surface area contributed by atoms with E-state index in [1.165, 1.54) is 15.8 Å². The molecular formula is C16H11N3S. The largest absolute Gasteiger partial charge is 0.285 e. The van der Waals surface area contributed by atoms with E-state index in [4.69, 9.17) is 4.98 Å². The number of rotatable bonds is 2. The Hall–Kier alpha value is -2.46. The predicted octanol–water partition coefficient (Wildman–Crippen LogP) is 4.35. The lowest BCUT2D eigenvalue weighted by Crippen LogP contribution is -1.83. The normalized spacial score (nSPS) is 11.0. The summed E-state index contributed by atoms with van der Waals surface area (Å²) in [4.78, 5) is 4.80. The number of hydrogen-bond donors (Lipinski definition) is 1. The van der Waals surface area contributed by atoms with Gasteiger partial charge in [-0.05, 0) is 17.7 Å². The van der Waals surface area contributed by atoms with Crippen LogP contribution in [-0.2, 0) is 0 Å². The van der Waals surface area contributed by atoms with Crippen LogP contribution in [0.5, 0.6) is 0 Å². The summed E-state index contributed by atoms with van der Waals surface area (Å²) in [7, 11) is 0. The molecular weight excluding hydrogens is 266 g/mol. The zero-order valence-corrected chi connectivity index (χ0v) is 11.4. The summed E-state index contributed by atoms with van der Waals surface area (Å²) in [5.74, 6) is 0. The van der Waals surface area contributed by atoms with Crippen LogP contribution in [0.1, 0.15) is 0 Å². The van der Waals surface area contributed by atoms with Gasteiger partial charge in [-0.15, -0.1) is 11.3 Å². The maximum Gasteiger partial charge on any atom is 0.0895 e. The lowest BCUT2D eigenvalue weighted by atomic mass is 10.1. The molecule has 3 heterocycles. The number of aromatic amines is 1. The Kier molecular flexibility index (Phi) is 2.60. The summed E-state index contributed by atoms with van der Waals surface area (Å²) in [5, 5.41) is 8.99. The highest BCUT2D eigenvalue weighted by Gasteiger charge is 2.09. The minimum atomic E-state index is 0.946. The molecule has 0 bridgehead atoms. The number of nitrogens with zero attached hydrogens (tertiary/aromatic N) is 2. The van der Waals surface area contributed by atoms with E-state index in [1.54, 1.807) is 17.5 Å². The maximum atomic E-state index is 4.80. The van der Waals surface area contributed by atoms with Crippen molar-refractivity contribution in [3.05, 3.63) is 60.2 Å². The predicted molar refractivity (Wildman–Crippen MR) is 82.6 cm³/mol. The molecule has 4 aromatic rings. The van der Waals surface area contributed by atoms with E-state index in [1.807, 2.05) is 18.3 Å². The van der Waals surface area contributed by atoms with Gasteiger partial charge in [-0.2, -0.15) is 5.10 Å². The van der Waals surface area contributed by atoms with Crippen molar-refractivity contribution in [3.8, 4) is 22.4 Å². The van der Waals surface area contributed by atoms with E-state index in [-0.39, 0.29) is 0 Å². The number of nitrogens with one attached hydrogen (secondary N) is 1. The fourth-order valence-corrected chi connectivity index (χ4v) is 3.19. The van der Waals surface area contributed by atoms with Crippen molar-refractivity contribution in [2.75, 3.05) is 0 Å². The quantitative estimate of drug-likeness (QED) is 0.591. The summed E-state index contributed by atoms with van der Waals surface area (Å²) < 4.78 is 1.20. The fraction of sp³-hybridized carbons (Fsp3) is 0. The summed E-state index contributed by atoms with van der Waals surface area (Å²) in [5.41, 5.74) is 5.41. The molecule has 1 N–H and O–H groups in total. The molecule has 0 radical (unpaired) electrons. The molecule has 0 fully saturated rings. The van der Waals surface area contributed by atoms with E-state index in [0.717, 1.165) is 16.8 Å². The van der Waals surface area contributed by atoms with Gasteiger partial charge >= 0.3 is 0 Å². The molecule has 0 aliphatic heterocycles. The van der Waals surface area contributed by atoms with Gasteiger partial charge in [0.25, 0.3) is 0 Å². The van der Waals surface area contributed by atoms with Crippen LogP contribution in [0, 0.1) is 0 Å². The molecule has 0 saturated heterocycles. The Morgan fingerprint density at radius 1 is 0.950 bits per heavy atom. The number of hydrogen-bond acceptors (Lipinski definition) is 3. The third-order valence-corrected chi connectivity index (χ3v) is 4.23. The smallest absolute Gasteiger partial charge is 0.0895 e. The van der Waals surface area contributed by atoms with E-state index in [2.05, 4.69) is 45.9 Å². The molecule has 0 saturated carbocycles. The maximum absolute atomic E-state index is 4.80. The second-order valence-electron chi connectivity index (χ2n) is 4.55. The third kappa shape index (κ3) is 1.82. The molecule has 0 spiro atoms. The summed E-state index contributed by atoms with van der Waals surface area (Å²) in [6, 6.07) is 14.5. The molecule has 1 aromatic carbocycles. The average Bonchev–Trinajstić information content (AvgIpc) is 3.17. The van der Waals surface area contributed by atoms with Crippen LogP contribution in [0.3, 0.4) is 0 Å². The van der Waals surface area contributed by atoms with Crippen molar-refractivity contribution in [3.63, 3.8) is 0 Å². The molecule has 0 aliphatic rings. The first-order valence-electron chi connectivity index (χ1n) is 6.34. The van der Waals surface area contributed by atoms with Crippen LogP contribution in [0.25, 0.3) is 32.6 Å². The van der Waals surface area contributed by atoms with Gasteiger partial charge in [-0.3, -0.25) is 5.10 Å². The van der Waals surface area contributed by atoms with Gasteiger partial charge in [0.15, 0.2) is 0 Å². The monoisotopic (exact) mass is 277 g/mol. The van der Waals surface area contributed by atoms with Crippen molar-refractivity contribution >= 4 is 21.6 Å². The molecule has 3 nitrogen and oxygen atoms in total. The van der Waals surface area contributed by atoms with Gasteiger partial charge in [0.2, 0.25) is 0 Å². The van der Waals surface area contributed by atoms with Gasteiger partial charge in [-0.25, -0.2) is 4.98 Å². The van der Waals surface area contributed by atoms with Crippen LogP contribution < -0.4 is 0 Å². The fourth-order valence-electron chi connectivity index (χ4n) is 2.29. The lowest BCUT2D eigenvalue weighted by Gasteiger charge is -2.01. The summed E-state index contributed by atoms with van der Waals surface area (Å²) in [6.45, 7) is 0. The van der Waals surface area contributed by atoms with E-state index in [0.29, 0.717) is 0 Å². The van der Waals surface area contributed by atoms with Gasteiger partial charge in [0.05, 0.1) is 22.1 Å². The topological polar surface area (TPSA) is 41.6 Å². The van der Waals surface area contributed by atoms with Crippen LogP contribution >= 0.6 is 11.3 Å². The number of H-pyrrole nitrogens is 1. The Bertz CT molecular complexity index is 848. The Morgan fingerprint density at radius 3 is 2.65 bits per heavy atom. The average molecular weight is 277 g/mol. The molecule has 20 heavy (non-hydrogen) atoms. The molecule has 0 amide bonds. The number of pyridine rings is 1. The van der Waals surface area contributed by atoms with Gasteiger partial charge < -0.3 is 0 Å². The zero-order chi connectivity index (χ0) is 13.4. The first-order chi connectivity index (χ1) is 9.92. The van der Waals surface area contributed by atoms with Crippen molar-refractivity contribution < 1.29 is 0 Å². The van der Waals surface area contributed by atoms with Gasteiger partial charge in [0.1, 0.15) is 0 Å². The minimum absolute atomic E-state index is 0.946. The van der Waals surface area contributed by atoms with Crippen molar-refractivity contribution in [2.45, 2.75) is 0 Å². The Morgan fingerprint density at radius 2 is 1.85 bits per heavy atom. The minimum Gasteiger partial charge on any atom is -0.285 e. The first-order valence-corrected chi connectivity index (χ1v) is 7.22. The second-order valence-corrected chi connectivity index (χ2v) is 5.46. The molecule has 3 aromatic heterocycles. The highest BCUT2D eigenvalue weighted by Crippen LogP contribution is 2.33. The Balaban J connectivity index is 1.93. The number of aromatic nitrogens is 3. The van der Waals surface area contributed by atoms with Gasteiger partial charge in [-0.1, -0.05) is 30.3 Å². The van der Waals surface area contributed by atoms with Crippen LogP contribution in [0.4, 0.5) is 0 Å². The van der Waals surface area contributed by atoms with Crippen molar-refractivity contribution in [1.82, 2.24) is 15.2 Å². The third-order valence-electron chi connectivity index (χ3n) is 3.30. The standard InChI is InChI=1S/C16H11N3S/c1-2-4-11(5-3-1)13-10-20-15-7-6-14(19-16(13)15)12-8-17-18-9-12/h1-10H,(H,17,18).